The molecule has 4 heterocycles. The minimum absolute atomic E-state index is 0.119. The third kappa shape index (κ3) is 4.34. The zero-order chi connectivity index (χ0) is 26.4. The first-order chi connectivity index (χ1) is 17.7. The van der Waals surface area contributed by atoms with Crippen molar-refractivity contribution < 1.29 is 29.0 Å². The molecule has 1 unspecified atom stereocenters. The lowest BCUT2D eigenvalue weighted by Gasteiger charge is -2.42. The third-order valence-corrected chi connectivity index (χ3v) is 9.08. The molecule has 1 saturated carbocycles. The molecule has 0 bridgehead atoms. The molecular formula is C29H42N2O6. The van der Waals surface area contributed by atoms with Crippen molar-refractivity contribution >= 4 is 17.8 Å². The molecule has 2 saturated heterocycles. The van der Waals surface area contributed by atoms with E-state index in [1.165, 1.54) is 6.42 Å². The number of allylic oxidation sites excluding steroid dienone is 1. The number of carbonyl (C=O) groups excluding carboxylic acids is 3. The van der Waals surface area contributed by atoms with Crippen LogP contribution in [0.4, 0.5) is 0 Å². The Balaban J connectivity index is 1.64. The van der Waals surface area contributed by atoms with Gasteiger partial charge in [-0.1, -0.05) is 57.4 Å². The summed E-state index contributed by atoms with van der Waals surface area (Å²) in [6, 6.07) is -1.36. The molecule has 5 rings (SSSR count). The highest BCUT2D eigenvalue weighted by molar-refractivity contribution is 5.99. The molecule has 37 heavy (non-hydrogen) atoms. The Bertz CT molecular complexity index is 971. The Morgan fingerprint density at radius 2 is 1.78 bits per heavy atom. The summed E-state index contributed by atoms with van der Waals surface area (Å²) in [5.41, 5.74) is -2.38. The summed E-state index contributed by atoms with van der Waals surface area (Å²) in [7, 11) is 0. The SMILES string of the molecule is CC(C)C[C@H](CO)N1C(=O)[C@@H]2[C@H]3C(=O)OCCC/C=C\[C@@]3(C)O[C@@]23C=CCN(C2CCCCC2)C(=O)C13. The monoisotopic (exact) mass is 514 g/mol. The summed E-state index contributed by atoms with van der Waals surface area (Å²) in [4.78, 5) is 45.9. The van der Waals surface area contributed by atoms with E-state index in [0.29, 0.717) is 19.4 Å². The fraction of sp³-hybridized carbons (Fsp3) is 0.759. The smallest absolute Gasteiger partial charge is 0.313 e. The number of amides is 2. The van der Waals surface area contributed by atoms with Crippen molar-refractivity contribution in [3.8, 4) is 0 Å². The maximum Gasteiger partial charge on any atom is 0.313 e. The van der Waals surface area contributed by atoms with Crippen molar-refractivity contribution in [1.29, 1.82) is 0 Å². The van der Waals surface area contributed by atoms with Crippen molar-refractivity contribution in [1.82, 2.24) is 9.80 Å². The number of rotatable bonds is 5. The van der Waals surface area contributed by atoms with Gasteiger partial charge in [-0.3, -0.25) is 14.4 Å². The fourth-order valence-corrected chi connectivity index (χ4v) is 7.53. The number of likely N-dealkylation sites (tertiary alicyclic amines) is 1. The van der Waals surface area contributed by atoms with Crippen LogP contribution in [0.15, 0.2) is 24.3 Å². The van der Waals surface area contributed by atoms with Crippen LogP contribution in [0.5, 0.6) is 0 Å². The van der Waals surface area contributed by atoms with E-state index in [1.807, 2.05) is 50.0 Å². The molecule has 3 fully saturated rings. The summed E-state index contributed by atoms with van der Waals surface area (Å²) in [5.74, 6) is -2.46. The molecule has 8 heteroatoms. The van der Waals surface area contributed by atoms with Crippen molar-refractivity contribution in [3.05, 3.63) is 24.3 Å². The second kappa shape index (κ2) is 10.2. The molecule has 0 aromatic heterocycles. The highest BCUT2D eigenvalue weighted by Crippen LogP contribution is 2.57. The van der Waals surface area contributed by atoms with Gasteiger partial charge in [-0.05, 0) is 44.9 Å². The molecule has 0 radical (unpaired) electrons. The first-order valence-electron chi connectivity index (χ1n) is 14.2. The molecule has 6 atom stereocenters. The number of carbonyl (C=O) groups is 3. The molecule has 5 aliphatic rings. The zero-order valence-corrected chi connectivity index (χ0v) is 22.4. The Kier molecular flexibility index (Phi) is 7.26. The van der Waals surface area contributed by atoms with Gasteiger partial charge in [0.25, 0.3) is 0 Å². The highest BCUT2D eigenvalue weighted by atomic mass is 16.6. The molecule has 8 nitrogen and oxygen atoms in total. The summed E-state index contributed by atoms with van der Waals surface area (Å²) in [5, 5.41) is 10.4. The average molecular weight is 515 g/mol. The van der Waals surface area contributed by atoms with Gasteiger partial charge < -0.3 is 24.4 Å². The van der Waals surface area contributed by atoms with Crippen LogP contribution in [0, 0.1) is 17.8 Å². The number of cyclic esters (lactones) is 1. The zero-order valence-electron chi connectivity index (χ0n) is 22.4. The summed E-state index contributed by atoms with van der Waals surface area (Å²) in [6.07, 6.45) is 15.0. The van der Waals surface area contributed by atoms with Crippen LogP contribution in [0.1, 0.15) is 72.1 Å². The van der Waals surface area contributed by atoms with Gasteiger partial charge >= 0.3 is 5.97 Å². The summed E-state index contributed by atoms with van der Waals surface area (Å²) in [6.45, 7) is 6.40. The van der Waals surface area contributed by atoms with Gasteiger partial charge in [0.2, 0.25) is 11.8 Å². The van der Waals surface area contributed by atoms with Crippen LogP contribution >= 0.6 is 0 Å². The second-order valence-corrected chi connectivity index (χ2v) is 12.1. The molecule has 1 spiro atoms. The molecule has 1 aliphatic carbocycles. The van der Waals surface area contributed by atoms with Crippen LogP contribution in [0.2, 0.25) is 0 Å². The molecule has 0 aromatic rings. The van der Waals surface area contributed by atoms with Crippen LogP contribution in [-0.2, 0) is 23.9 Å². The fourth-order valence-electron chi connectivity index (χ4n) is 7.53. The Morgan fingerprint density at radius 3 is 2.49 bits per heavy atom. The molecule has 0 aromatic carbocycles. The number of ether oxygens (including phenoxy) is 2. The maximum atomic E-state index is 14.5. The number of nitrogens with zero attached hydrogens (tertiary/aromatic N) is 2. The van der Waals surface area contributed by atoms with E-state index in [1.54, 1.807) is 4.90 Å². The number of fused-ring (bicyclic) bond motifs is 2. The van der Waals surface area contributed by atoms with Gasteiger partial charge in [-0.25, -0.2) is 0 Å². The first kappa shape index (κ1) is 26.4. The van der Waals surface area contributed by atoms with Gasteiger partial charge in [0, 0.05) is 12.6 Å². The minimum Gasteiger partial charge on any atom is -0.465 e. The van der Waals surface area contributed by atoms with Crippen molar-refractivity contribution in [2.75, 3.05) is 19.8 Å². The molecule has 1 N–H and O–H groups in total. The lowest BCUT2D eigenvalue weighted by Crippen LogP contribution is -2.60. The second-order valence-electron chi connectivity index (χ2n) is 12.1. The number of hydrogen-bond donors (Lipinski definition) is 1. The topological polar surface area (TPSA) is 96.4 Å². The largest absolute Gasteiger partial charge is 0.465 e. The molecule has 204 valence electrons. The standard InChI is InChI=1S/C29H42N2O6/c1-19(2)17-21(18-32)31-24-26(34)30(20-11-6-4-7-12-20)15-10-14-29(24)22(25(31)33)23-27(35)36-16-9-5-8-13-28(23,3)37-29/h8,10,13-14,19-24,32H,4-7,9,11-12,15-18H2,1-3H3/b13-8-/t21-,22+,23+,24?,28-,29+/m1/s1. The van der Waals surface area contributed by atoms with Crippen molar-refractivity contribution in [2.45, 2.75) is 101 Å². The van der Waals surface area contributed by atoms with Crippen LogP contribution in [0.25, 0.3) is 0 Å². The lowest BCUT2D eigenvalue weighted by molar-refractivity contribution is -0.162. The van der Waals surface area contributed by atoms with E-state index in [9.17, 15) is 19.5 Å². The van der Waals surface area contributed by atoms with Gasteiger partial charge in [0.1, 0.15) is 17.6 Å². The van der Waals surface area contributed by atoms with E-state index in [2.05, 4.69) is 0 Å². The Labute approximate surface area is 220 Å². The van der Waals surface area contributed by atoms with E-state index in [-0.39, 0.29) is 37.0 Å². The van der Waals surface area contributed by atoms with Crippen LogP contribution < -0.4 is 0 Å². The lowest BCUT2D eigenvalue weighted by atomic mass is 9.74. The Hall–Kier alpha value is -2.19. The number of hydrogen-bond acceptors (Lipinski definition) is 6. The maximum absolute atomic E-state index is 14.5. The number of aliphatic hydroxyl groups excluding tert-OH is 1. The van der Waals surface area contributed by atoms with E-state index >= 15 is 0 Å². The van der Waals surface area contributed by atoms with Gasteiger partial charge in [-0.2, -0.15) is 0 Å². The quantitative estimate of drug-likeness (QED) is 0.448. The molecule has 4 aliphatic heterocycles. The average Bonchev–Trinajstić information content (AvgIpc) is 3.22. The van der Waals surface area contributed by atoms with E-state index in [4.69, 9.17) is 9.47 Å². The predicted octanol–water partition coefficient (Wildman–Crippen LogP) is 2.99. The van der Waals surface area contributed by atoms with Gasteiger partial charge in [0.15, 0.2) is 0 Å². The van der Waals surface area contributed by atoms with E-state index < -0.39 is 41.1 Å². The highest BCUT2D eigenvalue weighted by Gasteiger charge is 2.75. The normalized spacial score (nSPS) is 38.3. The molecular weight excluding hydrogens is 472 g/mol. The van der Waals surface area contributed by atoms with Crippen LogP contribution in [-0.4, -0.2) is 81.8 Å². The summed E-state index contributed by atoms with van der Waals surface area (Å²) >= 11 is 0. The molecule has 2 amide bonds. The minimum atomic E-state index is -1.30. The summed E-state index contributed by atoms with van der Waals surface area (Å²) < 4.78 is 12.5. The first-order valence-corrected chi connectivity index (χ1v) is 14.2. The number of aliphatic hydroxyl groups is 1. The Morgan fingerprint density at radius 1 is 1.03 bits per heavy atom. The number of esters is 1. The van der Waals surface area contributed by atoms with Gasteiger partial charge in [0.05, 0.1) is 30.8 Å². The van der Waals surface area contributed by atoms with Gasteiger partial charge in [-0.15, -0.1) is 0 Å². The van der Waals surface area contributed by atoms with E-state index in [0.717, 1.165) is 32.1 Å². The van der Waals surface area contributed by atoms with Crippen molar-refractivity contribution in [3.63, 3.8) is 0 Å². The third-order valence-electron chi connectivity index (χ3n) is 9.08. The predicted molar refractivity (Wildman–Crippen MR) is 137 cm³/mol. The van der Waals surface area contributed by atoms with Crippen molar-refractivity contribution in [2.24, 2.45) is 17.8 Å². The van der Waals surface area contributed by atoms with Crippen LogP contribution in [0.3, 0.4) is 0 Å².